The third-order valence-corrected chi connectivity index (χ3v) is 2.04. The van der Waals surface area contributed by atoms with Crippen LogP contribution < -0.4 is 15.8 Å². The standard InChI is InChI=1S/C12H15N3O2/c1-15-9(7-11(13)12(14)16)8-17-10-5-3-2-4-6-10/h2-7,13,15H,8H2,1H3,(H2,14,16)/b9-7-,13-11?. The van der Waals surface area contributed by atoms with Crippen molar-refractivity contribution >= 4 is 11.6 Å². The van der Waals surface area contributed by atoms with E-state index < -0.39 is 5.91 Å². The second kappa shape index (κ2) is 6.32. The minimum Gasteiger partial charge on any atom is -0.487 e. The summed E-state index contributed by atoms with van der Waals surface area (Å²) in [5.41, 5.74) is 5.32. The maximum atomic E-state index is 10.7. The monoisotopic (exact) mass is 233 g/mol. The molecule has 0 aliphatic carbocycles. The number of likely N-dealkylation sites (N-methyl/N-ethyl adjacent to an activating group) is 1. The van der Waals surface area contributed by atoms with Crippen LogP contribution in [-0.4, -0.2) is 25.3 Å². The molecule has 0 atom stereocenters. The summed E-state index contributed by atoms with van der Waals surface area (Å²) >= 11 is 0. The van der Waals surface area contributed by atoms with Gasteiger partial charge in [0.25, 0.3) is 5.91 Å². The lowest BCUT2D eigenvalue weighted by atomic mass is 10.3. The summed E-state index contributed by atoms with van der Waals surface area (Å²) in [6.07, 6.45) is 1.35. The second-order valence-corrected chi connectivity index (χ2v) is 3.30. The van der Waals surface area contributed by atoms with Crippen molar-refractivity contribution < 1.29 is 9.53 Å². The average Bonchev–Trinajstić information content (AvgIpc) is 2.35. The molecule has 0 bridgehead atoms. The van der Waals surface area contributed by atoms with E-state index in [1.165, 1.54) is 6.08 Å². The van der Waals surface area contributed by atoms with Gasteiger partial charge >= 0.3 is 0 Å². The Morgan fingerprint density at radius 1 is 1.47 bits per heavy atom. The number of amides is 1. The molecule has 1 amide bonds. The highest BCUT2D eigenvalue weighted by molar-refractivity contribution is 6.41. The van der Waals surface area contributed by atoms with Crippen LogP contribution in [-0.2, 0) is 4.79 Å². The maximum Gasteiger partial charge on any atom is 0.266 e. The number of carbonyl (C=O) groups is 1. The van der Waals surface area contributed by atoms with Crippen LogP contribution in [0.4, 0.5) is 0 Å². The van der Waals surface area contributed by atoms with E-state index >= 15 is 0 Å². The van der Waals surface area contributed by atoms with Gasteiger partial charge in [-0.3, -0.25) is 10.2 Å². The fourth-order valence-corrected chi connectivity index (χ4v) is 1.11. The number of primary amides is 1. The number of hydrogen-bond donors (Lipinski definition) is 3. The molecule has 90 valence electrons. The zero-order chi connectivity index (χ0) is 12.7. The van der Waals surface area contributed by atoms with Crippen LogP contribution in [0.2, 0.25) is 0 Å². The predicted molar refractivity (Wildman–Crippen MR) is 66.0 cm³/mol. The molecule has 0 fully saturated rings. The Labute approximate surface area is 99.8 Å². The number of para-hydroxylation sites is 1. The first-order valence-corrected chi connectivity index (χ1v) is 5.08. The van der Waals surface area contributed by atoms with Crippen molar-refractivity contribution in [2.24, 2.45) is 5.73 Å². The lowest BCUT2D eigenvalue weighted by Gasteiger charge is -2.09. The Morgan fingerprint density at radius 3 is 2.65 bits per heavy atom. The van der Waals surface area contributed by atoms with Crippen LogP contribution in [0.25, 0.3) is 0 Å². The molecule has 17 heavy (non-hydrogen) atoms. The molecule has 1 aromatic carbocycles. The fourth-order valence-electron chi connectivity index (χ4n) is 1.11. The van der Waals surface area contributed by atoms with Crippen molar-refractivity contribution in [2.45, 2.75) is 0 Å². The van der Waals surface area contributed by atoms with Gasteiger partial charge in [-0.25, -0.2) is 0 Å². The Morgan fingerprint density at radius 2 is 2.12 bits per heavy atom. The molecule has 1 rings (SSSR count). The molecule has 1 aromatic rings. The summed E-state index contributed by atoms with van der Waals surface area (Å²) in [7, 11) is 1.69. The van der Waals surface area contributed by atoms with Crippen LogP contribution in [0.3, 0.4) is 0 Å². The van der Waals surface area contributed by atoms with Gasteiger partial charge in [-0.2, -0.15) is 0 Å². The molecule has 0 aromatic heterocycles. The van der Waals surface area contributed by atoms with Crippen molar-refractivity contribution in [3.05, 3.63) is 42.1 Å². The normalized spacial score (nSPS) is 10.8. The summed E-state index contributed by atoms with van der Waals surface area (Å²) in [5, 5.41) is 10.2. The van der Waals surface area contributed by atoms with E-state index in [0.29, 0.717) is 5.70 Å². The van der Waals surface area contributed by atoms with E-state index in [2.05, 4.69) is 5.32 Å². The number of carbonyl (C=O) groups excluding carboxylic acids is 1. The van der Waals surface area contributed by atoms with Gasteiger partial charge in [-0.1, -0.05) is 18.2 Å². The summed E-state index contributed by atoms with van der Waals surface area (Å²) < 4.78 is 5.46. The van der Waals surface area contributed by atoms with E-state index in [1.807, 2.05) is 30.3 Å². The number of nitrogens with two attached hydrogens (primary N) is 1. The molecular weight excluding hydrogens is 218 g/mol. The van der Waals surface area contributed by atoms with Gasteiger partial charge in [0.15, 0.2) is 0 Å². The van der Waals surface area contributed by atoms with E-state index in [4.69, 9.17) is 15.9 Å². The molecule has 0 unspecified atom stereocenters. The summed E-state index contributed by atoms with van der Waals surface area (Å²) in [5.74, 6) is -0.0447. The van der Waals surface area contributed by atoms with Gasteiger partial charge in [0.05, 0.1) is 5.70 Å². The van der Waals surface area contributed by atoms with Crippen LogP contribution in [0, 0.1) is 5.41 Å². The zero-order valence-corrected chi connectivity index (χ0v) is 9.57. The number of rotatable bonds is 6. The van der Waals surface area contributed by atoms with E-state index in [-0.39, 0.29) is 12.3 Å². The number of nitrogens with one attached hydrogen (secondary N) is 2. The van der Waals surface area contributed by atoms with Gasteiger partial charge in [0.2, 0.25) is 0 Å². The number of ether oxygens (including phenoxy) is 1. The molecule has 0 radical (unpaired) electrons. The van der Waals surface area contributed by atoms with Crippen LogP contribution in [0.1, 0.15) is 0 Å². The highest BCUT2D eigenvalue weighted by Gasteiger charge is 2.03. The molecule has 0 aliphatic rings. The molecule has 0 saturated heterocycles. The zero-order valence-electron chi connectivity index (χ0n) is 9.57. The van der Waals surface area contributed by atoms with Crippen molar-refractivity contribution in [3.8, 4) is 5.75 Å². The van der Waals surface area contributed by atoms with Gasteiger partial charge < -0.3 is 15.8 Å². The van der Waals surface area contributed by atoms with Crippen LogP contribution in [0.15, 0.2) is 42.1 Å². The van der Waals surface area contributed by atoms with Crippen LogP contribution >= 0.6 is 0 Å². The largest absolute Gasteiger partial charge is 0.487 e. The first-order valence-electron chi connectivity index (χ1n) is 5.08. The summed E-state index contributed by atoms with van der Waals surface area (Å²) in [4.78, 5) is 10.7. The highest BCUT2D eigenvalue weighted by Crippen LogP contribution is 2.08. The number of benzene rings is 1. The Kier molecular flexibility index (Phi) is 4.75. The Bertz CT molecular complexity index is 427. The first kappa shape index (κ1) is 12.8. The fraction of sp³-hybridized carbons (Fsp3) is 0.167. The smallest absolute Gasteiger partial charge is 0.266 e. The van der Waals surface area contributed by atoms with Gasteiger partial charge in [0, 0.05) is 7.05 Å². The molecule has 5 heteroatoms. The highest BCUT2D eigenvalue weighted by atomic mass is 16.5. The van der Waals surface area contributed by atoms with Crippen molar-refractivity contribution in [1.29, 1.82) is 5.41 Å². The first-order chi connectivity index (χ1) is 8.13. The summed E-state index contributed by atoms with van der Waals surface area (Å²) in [6.45, 7) is 0.246. The topological polar surface area (TPSA) is 88.2 Å². The van der Waals surface area contributed by atoms with Gasteiger partial charge in [-0.15, -0.1) is 0 Å². The van der Waals surface area contributed by atoms with Crippen molar-refractivity contribution in [3.63, 3.8) is 0 Å². The lowest BCUT2D eigenvalue weighted by molar-refractivity contribution is -0.111. The van der Waals surface area contributed by atoms with E-state index in [9.17, 15) is 4.79 Å². The lowest BCUT2D eigenvalue weighted by Crippen LogP contribution is -2.23. The predicted octanol–water partition coefficient (Wildman–Crippen LogP) is 0.674. The third-order valence-electron chi connectivity index (χ3n) is 2.04. The van der Waals surface area contributed by atoms with Crippen molar-refractivity contribution in [1.82, 2.24) is 5.32 Å². The summed E-state index contributed by atoms with van der Waals surface area (Å²) in [6, 6.07) is 9.27. The van der Waals surface area contributed by atoms with Gasteiger partial charge in [-0.05, 0) is 18.2 Å². The molecular formula is C12H15N3O2. The Hall–Kier alpha value is -2.30. The second-order valence-electron chi connectivity index (χ2n) is 3.30. The SMILES string of the molecule is CN/C(=C\C(=N)C(N)=O)COc1ccccc1. The van der Waals surface area contributed by atoms with E-state index in [1.54, 1.807) is 7.05 Å². The van der Waals surface area contributed by atoms with Gasteiger partial charge in [0.1, 0.15) is 18.1 Å². The quantitative estimate of drug-likeness (QED) is 0.631. The molecule has 0 heterocycles. The average molecular weight is 233 g/mol. The molecule has 0 saturated carbocycles. The molecule has 4 N–H and O–H groups in total. The third kappa shape index (κ3) is 4.38. The minimum atomic E-state index is -0.766. The molecule has 0 spiro atoms. The minimum absolute atomic E-state index is 0.246. The van der Waals surface area contributed by atoms with Crippen molar-refractivity contribution in [2.75, 3.05) is 13.7 Å². The Balaban J connectivity index is 2.59. The van der Waals surface area contributed by atoms with E-state index in [0.717, 1.165) is 5.75 Å². The molecule has 0 aliphatic heterocycles. The molecule has 5 nitrogen and oxygen atoms in total. The number of hydrogen-bond acceptors (Lipinski definition) is 4. The van der Waals surface area contributed by atoms with Crippen LogP contribution in [0.5, 0.6) is 5.75 Å². The maximum absolute atomic E-state index is 10.7.